The van der Waals surface area contributed by atoms with E-state index in [9.17, 15) is 0 Å². The molecule has 0 radical (unpaired) electrons. The van der Waals surface area contributed by atoms with E-state index in [2.05, 4.69) is 28.3 Å². The molecule has 0 aliphatic carbocycles. The highest BCUT2D eigenvalue weighted by atomic mass is 35.5. The average Bonchev–Trinajstić information content (AvgIpc) is 2.74. The van der Waals surface area contributed by atoms with Gasteiger partial charge in [-0.05, 0) is 18.6 Å². The molecule has 0 bridgehead atoms. The van der Waals surface area contributed by atoms with E-state index in [1.165, 1.54) is 12.8 Å². The van der Waals surface area contributed by atoms with Gasteiger partial charge in [-0.15, -0.1) is 11.6 Å². The van der Waals surface area contributed by atoms with Crippen LogP contribution in [0.3, 0.4) is 0 Å². The number of fused-ring (bicyclic) bond motifs is 1. The third kappa shape index (κ3) is 2.39. The number of aromatic nitrogens is 2. The lowest BCUT2D eigenvalue weighted by atomic mass is 10.3. The monoisotopic (exact) mass is 251 g/mol. The predicted octanol–water partition coefficient (Wildman–Crippen LogP) is 3.31. The fourth-order valence-corrected chi connectivity index (χ4v) is 2.21. The maximum absolute atomic E-state index is 6.04. The van der Waals surface area contributed by atoms with Gasteiger partial charge >= 0.3 is 0 Å². The quantitative estimate of drug-likeness (QED) is 0.760. The molecule has 3 nitrogen and oxygen atoms in total. The van der Waals surface area contributed by atoms with Crippen molar-refractivity contribution in [2.45, 2.75) is 25.6 Å². The van der Waals surface area contributed by atoms with Gasteiger partial charge in [0.25, 0.3) is 0 Å². The first-order valence-corrected chi connectivity index (χ1v) is 6.54. The highest BCUT2D eigenvalue weighted by Gasteiger charge is 2.13. The Morgan fingerprint density at radius 1 is 1.41 bits per heavy atom. The molecule has 0 spiro atoms. The predicted molar refractivity (Wildman–Crippen MR) is 72.9 cm³/mol. The molecule has 0 saturated heterocycles. The van der Waals surface area contributed by atoms with Gasteiger partial charge in [0, 0.05) is 19.8 Å². The first kappa shape index (κ1) is 12.2. The Balaban J connectivity index is 2.38. The third-order valence-corrected chi connectivity index (χ3v) is 3.20. The molecule has 2 aromatic heterocycles. The molecule has 0 aromatic carbocycles. The van der Waals surface area contributed by atoms with Gasteiger partial charge in [-0.2, -0.15) is 0 Å². The summed E-state index contributed by atoms with van der Waals surface area (Å²) in [4.78, 5) is 6.83. The lowest BCUT2D eigenvalue weighted by Gasteiger charge is -2.17. The number of rotatable bonds is 5. The second-order valence-electron chi connectivity index (χ2n) is 4.22. The van der Waals surface area contributed by atoms with E-state index in [1.54, 1.807) is 0 Å². The molecule has 2 heterocycles. The molecule has 0 fully saturated rings. The van der Waals surface area contributed by atoms with Crippen LogP contribution in [0.25, 0.3) is 5.65 Å². The van der Waals surface area contributed by atoms with E-state index in [-0.39, 0.29) is 0 Å². The molecule has 0 aliphatic heterocycles. The van der Waals surface area contributed by atoms with Gasteiger partial charge in [0.2, 0.25) is 0 Å². The molecule has 0 amide bonds. The number of hydrogen-bond donors (Lipinski definition) is 0. The van der Waals surface area contributed by atoms with Crippen molar-refractivity contribution < 1.29 is 0 Å². The van der Waals surface area contributed by atoms with Crippen molar-refractivity contribution in [1.29, 1.82) is 0 Å². The van der Waals surface area contributed by atoms with Gasteiger partial charge in [0.15, 0.2) is 5.82 Å². The smallest absolute Gasteiger partial charge is 0.152 e. The zero-order valence-corrected chi connectivity index (χ0v) is 11.1. The minimum atomic E-state index is 0.483. The summed E-state index contributed by atoms with van der Waals surface area (Å²) in [6.07, 6.45) is 4.37. The molecule has 17 heavy (non-hydrogen) atoms. The van der Waals surface area contributed by atoms with Gasteiger partial charge in [-0.3, -0.25) is 0 Å². The third-order valence-electron chi connectivity index (χ3n) is 2.94. The second-order valence-corrected chi connectivity index (χ2v) is 4.49. The first-order valence-electron chi connectivity index (χ1n) is 6.01. The van der Waals surface area contributed by atoms with Crippen LogP contribution in [0.2, 0.25) is 0 Å². The molecule has 0 unspecified atom stereocenters. The maximum atomic E-state index is 6.04. The molecular formula is C13H18ClN3. The van der Waals surface area contributed by atoms with Gasteiger partial charge in [0.05, 0.1) is 11.6 Å². The fourth-order valence-electron chi connectivity index (χ4n) is 1.97. The minimum absolute atomic E-state index is 0.483. The summed E-state index contributed by atoms with van der Waals surface area (Å²) >= 11 is 6.04. The Morgan fingerprint density at radius 2 is 2.24 bits per heavy atom. The number of alkyl halides is 1. The molecule has 0 atom stereocenters. The molecule has 2 rings (SSSR count). The molecular weight excluding hydrogens is 234 g/mol. The molecule has 0 aliphatic rings. The Hall–Kier alpha value is -1.22. The lowest BCUT2D eigenvalue weighted by Crippen LogP contribution is -2.20. The highest BCUT2D eigenvalue weighted by molar-refractivity contribution is 6.17. The van der Waals surface area contributed by atoms with Crippen LogP contribution >= 0.6 is 11.6 Å². The number of nitrogens with zero attached hydrogens (tertiary/aromatic N) is 3. The van der Waals surface area contributed by atoms with Gasteiger partial charge in [0.1, 0.15) is 5.65 Å². The van der Waals surface area contributed by atoms with E-state index in [0.717, 1.165) is 23.7 Å². The lowest BCUT2D eigenvalue weighted by molar-refractivity contribution is 0.759. The van der Waals surface area contributed by atoms with Crippen molar-refractivity contribution >= 4 is 23.1 Å². The number of hydrogen-bond acceptors (Lipinski definition) is 2. The standard InChI is InChI=1S/C13H18ClN3/c1-3-4-8-16(2)13-11(10-14)17-9-6-5-7-12(17)15-13/h5-7,9H,3-4,8,10H2,1-2H3. The Labute approximate surface area is 107 Å². The van der Waals surface area contributed by atoms with Crippen molar-refractivity contribution in [1.82, 2.24) is 9.38 Å². The average molecular weight is 252 g/mol. The van der Waals surface area contributed by atoms with E-state index >= 15 is 0 Å². The topological polar surface area (TPSA) is 20.5 Å². The zero-order valence-electron chi connectivity index (χ0n) is 10.4. The normalized spacial score (nSPS) is 11.0. The van der Waals surface area contributed by atoms with Crippen molar-refractivity contribution in [3.63, 3.8) is 0 Å². The van der Waals surface area contributed by atoms with E-state index in [0.29, 0.717) is 5.88 Å². The van der Waals surface area contributed by atoms with Gasteiger partial charge in [-0.1, -0.05) is 19.4 Å². The fraction of sp³-hybridized carbons (Fsp3) is 0.462. The zero-order chi connectivity index (χ0) is 12.3. The van der Waals surface area contributed by atoms with Crippen molar-refractivity contribution in [2.24, 2.45) is 0 Å². The van der Waals surface area contributed by atoms with Gasteiger partial charge < -0.3 is 9.30 Å². The second kappa shape index (κ2) is 5.41. The maximum Gasteiger partial charge on any atom is 0.152 e. The number of imidazole rings is 1. The number of anilines is 1. The van der Waals surface area contributed by atoms with Crippen molar-refractivity contribution in [2.75, 3.05) is 18.5 Å². The summed E-state index contributed by atoms with van der Waals surface area (Å²) in [7, 11) is 2.08. The summed E-state index contributed by atoms with van der Waals surface area (Å²) in [5.41, 5.74) is 2.03. The largest absolute Gasteiger partial charge is 0.358 e. The summed E-state index contributed by atoms with van der Waals surface area (Å²) < 4.78 is 2.06. The highest BCUT2D eigenvalue weighted by Crippen LogP contribution is 2.22. The van der Waals surface area contributed by atoms with Crippen LogP contribution in [0.5, 0.6) is 0 Å². The summed E-state index contributed by atoms with van der Waals surface area (Å²) in [6, 6.07) is 6.00. The van der Waals surface area contributed by atoms with Crippen LogP contribution in [-0.2, 0) is 5.88 Å². The first-order chi connectivity index (χ1) is 8.27. The molecule has 2 aromatic rings. The SMILES string of the molecule is CCCCN(C)c1nc2ccccn2c1CCl. The van der Waals surface area contributed by atoms with E-state index < -0.39 is 0 Å². The Kier molecular flexibility index (Phi) is 3.89. The van der Waals surface area contributed by atoms with Crippen LogP contribution in [0, 0.1) is 0 Å². The summed E-state index contributed by atoms with van der Waals surface area (Å²) in [5, 5.41) is 0. The van der Waals surface area contributed by atoms with Crippen LogP contribution < -0.4 is 4.90 Å². The minimum Gasteiger partial charge on any atom is -0.358 e. The molecule has 4 heteroatoms. The summed E-state index contributed by atoms with van der Waals surface area (Å²) in [6.45, 7) is 3.21. The number of halogens is 1. The summed E-state index contributed by atoms with van der Waals surface area (Å²) in [5.74, 6) is 1.48. The van der Waals surface area contributed by atoms with Crippen LogP contribution in [0.1, 0.15) is 25.5 Å². The van der Waals surface area contributed by atoms with Crippen molar-refractivity contribution in [3.05, 3.63) is 30.1 Å². The number of unbranched alkanes of at least 4 members (excludes halogenated alkanes) is 1. The Bertz CT molecular complexity index is 492. The van der Waals surface area contributed by atoms with E-state index in [4.69, 9.17) is 11.6 Å². The van der Waals surface area contributed by atoms with E-state index in [1.807, 2.05) is 24.4 Å². The molecule has 0 saturated carbocycles. The Morgan fingerprint density at radius 3 is 2.94 bits per heavy atom. The molecule has 92 valence electrons. The van der Waals surface area contributed by atoms with Gasteiger partial charge in [-0.25, -0.2) is 4.98 Å². The number of pyridine rings is 1. The molecule has 0 N–H and O–H groups in total. The van der Waals surface area contributed by atoms with Crippen LogP contribution in [0.15, 0.2) is 24.4 Å². The van der Waals surface area contributed by atoms with Crippen molar-refractivity contribution in [3.8, 4) is 0 Å². The van der Waals surface area contributed by atoms with Crippen LogP contribution in [-0.4, -0.2) is 23.0 Å². The van der Waals surface area contributed by atoms with Crippen LogP contribution in [0.4, 0.5) is 5.82 Å².